The Morgan fingerprint density at radius 2 is 1.91 bits per heavy atom. The molecule has 1 aliphatic heterocycles. The molecule has 4 rings (SSSR count). The molecule has 0 saturated heterocycles. The van der Waals surface area contributed by atoms with E-state index in [0.29, 0.717) is 28.1 Å². The second-order valence-corrected chi connectivity index (χ2v) is 7.36. The minimum atomic E-state index is -0.629. The third-order valence-electron chi connectivity index (χ3n) is 5.09. The second-order valence-electron chi connectivity index (χ2n) is 7.36. The number of esters is 1. The molecule has 0 aliphatic carbocycles. The molecule has 10 heteroatoms. The number of hydrogen-bond acceptors (Lipinski definition) is 8. The number of fused-ring (bicyclic) bond motifs is 2. The summed E-state index contributed by atoms with van der Waals surface area (Å²) in [5.41, 5.74) is 1.05. The van der Waals surface area contributed by atoms with E-state index in [9.17, 15) is 19.2 Å². The van der Waals surface area contributed by atoms with Gasteiger partial charge in [0.1, 0.15) is 17.9 Å². The maximum atomic E-state index is 12.4. The van der Waals surface area contributed by atoms with Crippen LogP contribution in [0.4, 0.5) is 16.2 Å². The van der Waals surface area contributed by atoms with Crippen molar-refractivity contribution in [1.29, 1.82) is 0 Å². The lowest BCUT2D eigenvalue weighted by atomic mass is 10.1. The van der Waals surface area contributed by atoms with Crippen LogP contribution in [0.25, 0.3) is 11.0 Å². The van der Waals surface area contributed by atoms with Crippen LogP contribution in [0.2, 0.25) is 0 Å². The maximum absolute atomic E-state index is 12.4. The first kappa shape index (κ1) is 22.8. The van der Waals surface area contributed by atoms with Crippen molar-refractivity contribution in [3.8, 4) is 5.75 Å². The van der Waals surface area contributed by atoms with Gasteiger partial charge < -0.3 is 23.5 Å². The molecule has 0 atom stereocenters. The third kappa shape index (κ3) is 5.17. The highest BCUT2D eigenvalue weighted by molar-refractivity contribution is 5.98. The summed E-state index contributed by atoms with van der Waals surface area (Å²) in [6, 6.07) is 13.1. The zero-order chi connectivity index (χ0) is 24.1. The van der Waals surface area contributed by atoms with Crippen LogP contribution in [-0.4, -0.2) is 37.7 Å². The number of carbonyl (C=O) groups is 3. The van der Waals surface area contributed by atoms with Crippen LogP contribution in [0.15, 0.2) is 57.7 Å². The van der Waals surface area contributed by atoms with Crippen LogP contribution < -0.4 is 20.6 Å². The van der Waals surface area contributed by atoms with Crippen molar-refractivity contribution < 1.29 is 33.0 Å². The third-order valence-corrected chi connectivity index (χ3v) is 5.09. The molecule has 10 nitrogen and oxygen atoms in total. The Balaban J connectivity index is 1.41. The summed E-state index contributed by atoms with van der Waals surface area (Å²) in [4.78, 5) is 49.7. The van der Waals surface area contributed by atoms with Crippen LogP contribution in [-0.2, 0) is 25.7 Å². The van der Waals surface area contributed by atoms with E-state index in [4.69, 9.17) is 18.6 Å². The van der Waals surface area contributed by atoms with Gasteiger partial charge in [-0.1, -0.05) is 12.1 Å². The minimum Gasteiger partial charge on any atom is -0.482 e. The van der Waals surface area contributed by atoms with Gasteiger partial charge in [-0.15, -0.1) is 0 Å². The van der Waals surface area contributed by atoms with Crippen molar-refractivity contribution in [3.63, 3.8) is 0 Å². The number of nitrogens with zero attached hydrogens (tertiary/aromatic N) is 1. The molecule has 0 bridgehead atoms. The molecule has 0 unspecified atom stereocenters. The molecule has 0 fully saturated rings. The highest BCUT2D eigenvalue weighted by Crippen LogP contribution is 2.31. The summed E-state index contributed by atoms with van der Waals surface area (Å²) < 4.78 is 20.8. The van der Waals surface area contributed by atoms with Crippen molar-refractivity contribution in [3.05, 3.63) is 64.5 Å². The van der Waals surface area contributed by atoms with Gasteiger partial charge in [-0.3, -0.25) is 14.9 Å². The maximum Gasteiger partial charge on any atom is 0.411 e. The summed E-state index contributed by atoms with van der Waals surface area (Å²) in [6.45, 7) is 1.79. The molecule has 0 spiro atoms. The smallest absolute Gasteiger partial charge is 0.411 e. The number of ether oxygens (including phenoxy) is 3. The predicted octanol–water partition coefficient (Wildman–Crippen LogP) is 3.22. The van der Waals surface area contributed by atoms with Gasteiger partial charge in [-0.05, 0) is 31.2 Å². The summed E-state index contributed by atoms with van der Waals surface area (Å²) in [5, 5.41) is 3.09. The van der Waals surface area contributed by atoms with Gasteiger partial charge in [0.25, 0.3) is 5.91 Å². The van der Waals surface area contributed by atoms with E-state index in [-0.39, 0.29) is 44.3 Å². The van der Waals surface area contributed by atoms with Gasteiger partial charge >= 0.3 is 17.7 Å². The van der Waals surface area contributed by atoms with E-state index < -0.39 is 17.7 Å². The van der Waals surface area contributed by atoms with E-state index in [1.54, 1.807) is 43.3 Å². The Morgan fingerprint density at radius 3 is 2.74 bits per heavy atom. The largest absolute Gasteiger partial charge is 0.482 e. The quantitative estimate of drug-likeness (QED) is 0.416. The van der Waals surface area contributed by atoms with Gasteiger partial charge in [0.2, 0.25) is 0 Å². The summed E-state index contributed by atoms with van der Waals surface area (Å²) in [5.74, 6) is -0.195. The average molecular weight is 466 g/mol. The first-order valence-corrected chi connectivity index (χ1v) is 10.6. The number of carbonyl (C=O) groups excluding carboxylic acids is 3. The molecule has 0 saturated carbocycles. The second kappa shape index (κ2) is 10.1. The fourth-order valence-corrected chi connectivity index (χ4v) is 3.54. The molecule has 1 N–H and O–H groups in total. The Hall–Kier alpha value is -4.34. The van der Waals surface area contributed by atoms with Gasteiger partial charge in [0.15, 0.2) is 6.61 Å². The van der Waals surface area contributed by atoms with Crippen molar-refractivity contribution in [1.82, 2.24) is 0 Å². The van der Waals surface area contributed by atoms with Crippen LogP contribution >= 0.6 is 0 Å². The van der Waals surface area contributed by atoms with Crippen molar-refractivity contribution in [2.24, 2.45) is 0 Å². The lowest BCUT2D eigenvalue weighted by molar-refractivity contribution is -0.144. The zero-order valence-electron chi connectivity index (χ0n) is 18.4. The molecule has 2 amide bonds. The lowest BCUT2D eigenvalue weighted by Gasteiger charge is -2.28. The van der Waals surface area contributed by atoms with Crippen molar-refractivity contribution in [2.75, 3.05) is 30.0 Å². The molecular weight excluding hydrogens is 444 g/mol. The molecule has 2 aromatic carbocycles. The van der Waals surface area contributed by atoms with E-state index in [2.05, 4.69) is 5.32 Å². The average Bonchev–Trinajstić information content (AvgIpc) is 2.81. The first-order valence-electron chi connectivity index (χ1n) is 10.6. The SMILES string of the molecule is CCOC(=O)Nc1ccc2c(COC(=O)CCN3C(=O)COc4ccccc43)cc(=O)oc2c1. The molecule has 34 heavy (non-hydrogen) atoms. The van der Waals surface area contributed by atoms with E-state index in [1.165, 1.54) is 17.0 Å². The summed E-state index contributed by atoms with van der Waals surface area (Å²) >= 11 is 0. The highest BCUT2D eigenvalue weighted by Gasteiger charge is 2.25. The fraction of sp³-hybridized carbons (Fsp3) is 0.250. The van der Waals surface area contributed by atoms with E-state index in [1.807, 2.05) is 0 Å². The lowest BCUT2D eigenvalue weighted by Crippen LogP contribution is -2.40. The summed E-state index contributed by atoms with van der Waals surface area (Å²) in [7, 11) is 0. The Labute approximate surface area is 194 Å². The molecule has 1 aliphatic rings. The van der Waals surface area contributed by atoms with Crippen LogP contribution in [0.3, 0.4) is 0 Å². The fourth-order valence-electron chi connectivity index (χ4n) is 3.54. The summed E-state index contributed by atoms with van der Waals surface area (Å²) in [6.07, 6.45) is -0.664. The van der Waals surface area contributed by atoms with Gasteiger partial charge in [-0.25, -0.2) is 9.59 Å². The number of anilines is 2. The molecule has 2 heterocycles. The molecule has 1 aromatic heterocycles. The minimum absolute atomic E-state index is 0.0347. The van der Waals surface area contributed by atoms with E-state index >= 15 is 0 Å². The standard InChI is InChI=1S/C24H22N2O8/c1-2-31-24(30)25-16-7-8-17-15(11-23(29)34-20(17)12-16)13-33-22(28)9-10-26-18-5-3-4-6-19(18)32-14-21(26)27/h3-8,11-12H,2,9-10,13-14H2,1H3,(H,25,30). The predicted molar refractivity (Wildman–Crippen MR) is 122 cm³/mol. The zero-order valence-corrected chi connectivity index (χ0v) is 18.4. The van der Waals surface area contributed by atoms with Gasteiger partial charge in [0, 0.05) is 35.3 Å². The van der Waals surface area contributed by atoms with Crippen LogP contribution in [0, 0.1) is 0 Å². The first-order chi connectivity index (χ1) is 16.4. The highest BCUT2D eigenvalue weighted by atomic mass is 16.5. The monoisotopic (exact) mass is 466 g/mol. The number of nitrogens with one attached hydrogen (secondary N) is 1. The Kier molecular flexibility index (Phi) is 6.77. The van der Waals surface area contributed by atoms with Crippen LogP contribution in [0.5, 0.6) is 5.75 Å². The number of rotatable bonds is 7. The molecule has 3 aromatic rings. The normalized spacial score (nSPS) is 12.6. The number of hydrogen-bond donors (Lipinski definition) is 1. The Bertz CT molecular complexity index is 1300. The Morgan fingerprint density at radius 1 is 1.09 bits per heavy atom. The molecule has 0 radical (unpaired) electrons. The van der Waals surface area contributed by atoms with E-state index in [0.717, 1.165) is 0 Å². The van der Waals surface area contributed by atoms with Crippen molar-refractivity contribution >= 4 is 40.3 Å². The molecule has 176 valence electrons. The number of para-hydroxylation sites is 2. The van der Waals surface area contributed by atoms with Gasteiger partial charge in [0.05, 0.1) is 18.7 Å². The van der Waals surface area contributed by atoms with Crippen molar-refractivity contribution in [2.45, 2.75) is 20.0 Å². The number of benzene rings is 2. The molecular formula is C24H22N2O8. The number of amides is 2. The van der Waals surface area contributed by atoms with Gasteiger partial charge in [-0.2, -0.15) is 0 Å². The topological polar surface area (TPSA) is 124 Å². The van der Waals surface area contributed by atoms with Crippen LogP contribution in [0.1, 0.15) is 18.9 Å².